The van der Waals surface area contributed by atoms with Crippen LogP contribution in [0, 0.1) is 0 Å². The molecule has 1 aromatic heterocycles. The molecule has 1 N–H and O–H groups in total. The third-order valence-electron chi connectivity index (χ3n) is 5.60. The number of likely N-dealkylation sites (tertiary alicyclic amines) is 1. The van der Waals surface area contributed by atoms with Gasteiger partial charge in [-0.2, -0.15) is 0 Å². The van der Waals surface area contributed by atoms with Crippen molar-refractivity contribution < 1.29 is 4.79 Å². The smallest absolute Gasteiger partial charge is 0.239 e. The van der Waals surface area contributed by atoms with Gasteiger partial charge in [-0.25, -0.2) is 4.98 Å². The Morgan fingerprint density at radius 1 is 1.19 bits per heavy atom. The lowest BCUT2D eigenvalue weighted by Gasteiger charge is -2.38. The number of imidazole rings is 1. The van der Waals surface area contributed by atoms with Crippen LogP contribution in [0.15, 0.2) is 22.7 Å². The highest BCUT2D eigenvalue weighted by atomic mass is 79.9. The van der Waals surface area contributed by atoms with Gasteiger partial charge in [0.15, 0.2) is 0 Å². The number of aromatic nitrogens is 2. The number of fused-ring (bicyclic) bond motifs is 1. The third kappa shape index (κ3) is 3.80. The molecule has 1 atom stereocenters. The Morgan fingerprint density at radius 2 is 1.92 bits per heavy atom. The van der Waals surface area contributed by atoms with Crippen molar-refractivity contribution >= 4 is 32.9 Å². The number of rotatable bonds is 4. The van der Waals surface area contributed by atoms with Crippen molar-refractivity contribution in [2.45, 2.75) is 32.4 Å². The van der Waals surface area contributed by atoms with E-state index in [-0.39, 0.29) is 6.04 Å². The predicted molar refractivity (Wildman–Crippen MR) is 106 cm³/mol. The number of carbonyl (C=O) groups is 1. The summed E-state index contributed by atoms with van der Waals surface area (Å²) in [5.74, 6) is 1.31. The molecule has 1 unspecified atom stereocenters. The van der Waals surface area contributed by atoms with Crippen molar-refractivity contribution in [2.75, 3.05) is 39.3 Å². The second kappa shape index (κ2) is 7.66. The Kier molecular flexibility index (Phi) is 5.29. The molecule has 4 rings (SSSR count). The molecule has 2 aliphatic heterocycles. The van der Waals surface area contributed by atoms with E-state index in [1.807, 2.05) is 17.0 Å². The van der Waals surface area contributed by atoms with Crippen LogP contribution >= 0.6 is 15.9 Å². The van der Waals surface area contributed by atoms with E-state index >= 15 is 0 Å². The van der Waals surface area contributed by atoms with Gasteiger partial charge in [0.1, 0.15) is 5.82 Å². The van der Waals surface area contributed by atoms with Crippen LogP contribution in [0.5, 0.6) is 0 Å². The zero-order valence-electron chi connectivity index (χ0n) is 15.2. The highest BCUT2D eigenvalue weighted by Gasteiger charge is 2.30. The van der Waals surface area contributed by atoms with Gasteiger partial charge in [-0.05, 0) is 38.0 Å². The Balaban J connectivity index is 1.32. The van der Waals surface area contributed by atoms with Gasteiger partial charge in [0.25, 0.3) is 0 Å². The van der Waals surface area contributed by atoms with Gasteiger partial charge < -0.3 is 9.88 Å². The number of benzene rings is 1. The number of aromatic amines is 1. The van der Waals surface area contributed by atoms with E-state index < -0.39 is 0 Å². The number of amides is 1. The van der Waals surface area contributed by atoms with Gasteiger partial charge >= 0.3 is 0 Å². The molecule has 0 radical (unpaired) electrons. The number of nitrogens with one attached hydrogen (secondary N) is 1. The topological polar surface area (TPSA) is 55.5 Å². The summed E-state index contributed by atoms with van der Waals surface area (Å²) >= 11 is 3.50. The zero-order chi connectivity index (χ0) is 18.1. The van der Waals surface area contributed by atoms with E-state index in [1.165, 1.54) is 0 Å². The lowest BCUT2D eigenvalue weighted by molar-refractivity contribution is -0.136. The summed E-state index contributed by atoms with van der Waals surface area (Å²) in [6, 6.07) is 6.11. The second-order valence-electron chi connectivity index (χ2n) is 7.37. The van der Waals surface area contributed by atoms with Crippen LogP contribution in [0.2, 0.25) is 0 Å². The van der Waals surface area contributed by atoms with Crippen LogP contribution in [0.1, 0.15) is 25.6 Å². The van der Waals surface area contributed by atoms with Crippen LogP contribution in [-0.2, 0) is 11.3 Å². The van der Waals surface area contributed by atoms with Gasteiger partial charge in [-0.15, -0.1) is 0 Å². The molecule has 1 aromatic carbocycles. The molecular weight excluding hydrogens is 394 g/mol. The summed E-state index contributed by atoms with van der Waals surface area (Å²) in [5, 5.41) is 0. The molecule has 2 saturated heterocycles. The largest absolute Gasteiger partial charge is 0.341 e. The maximum absolute atomic E-state index is 12.6. The van der Waals surface area contributed by atoms with Crippen LogP contribution < -0.4 is 0 Å². The van der Waals surface area contributed by atoms with E-state index in [2.05, 4.69) is 43.7 Å². The monoisotopic (exact) mass is 419 g/mol. The van der Waals surface area contributed by atoms with Gasteiger partial charge in [-0.3, -0.25) is 14.6 Å². The van der Waals surface area contributed by atoms with Crippen molar-refractivity contribution in [3.05, 3.63) is 28.5 Å². The third-order valence-corrected chi connectivity index (χ3v) is 6.09. The van der Waals surface area contributed by atoms with Gasteiger partial charge in [0.2, 0.25) is 5.91 Å². The second-order valence-corrected chi connectivity index (χ2v) is 8.28. The van der Waals surface area contributed by atoms with Crippen LogP contribution in [0.4, 0.5) is 0 Å². The molecule has 1 amide bonds. The molecule has 26 heavy (non-hydrogen) atoms. The van der Waals surface area contributed by atoms with Crippen molar-refractivity contribution in [3.8, 4) is 0 Å². The molecule has 3 heterocycles. The number of nitrogens with zero attached hydrogens (tertiary/aromatic N) is 4. The normalized spacial score (nSPS) is 20.8. The fraction of sp³-hybridized carbons (Fsp3) is 0.579. The first-order valence-electron chi connectivity index (χ1n) is 9.49. The minimum absolute atomic E-state index is 0.00111. The van der Waals surface area contributed by atoms with E-state index in [1.54, 1.807) is 0 Å². The molecular formula is C19H26BrN5O. The zero-order valence-corrected chi connectivity index (χ0v) is 16.8. The number of piperazine rings is 1. The number of carbonyl (C=O) groups excluding carboxylic acids is 1. The molecule has 0 saturated carbocycles. The molecule has 2 aromatic rings. The molecule has 140 valence electrons. The molecule has 2 aliphatic rings. The fourth-order valence-electron chi connectivity index (χ4n) is 3.99. The first kappa shape index (κ1) is 17.9. The summed E-state index contributed by atoms with van der Waals surface area (Å²) in [6.45, 7) is 8.58. The van der Waals surface area contributed by atoms with E-state index in [9.17, 15) is 4.79 Å². The molecule has 0 aliphatic carbocycles. The predicted octanol–water partition coefficient (Wildman–Crippen LogP) is 2.45. The summed E-state index contributed by atoms with van der Waals surface area (Å²) in [6.07, 6.45) is 2.31. The van der Waals surface area contributed by atoms with Crippen molar-refractivity contribution in [1.82, 2.24) is 24.7 Å². The molecule has 2 fully saturated rings. The van der Waals surface area contributed by atoms with Crippen molar-refractivity contribution in [1.29, 1.82) is 0 Å². The Hall–Kier alpha value is -1.44. The Labute approximate surface area is 162 Å². The average Bonchev–Trinajstić information content (AvgIpc) is 3.30. The fourth-order valence-corrected chi connectivity index (χ4v) is 4.35. The first-order valence-corrected chi connectivity index (χ1v) is 10.3. The van der Waals surface area contributed by atoms with Gasteiger partial charge in [0.05, 0.1) is 23.6 Å². The average molecular weight is 420 g/mol. The van der Waals surface area contributed by atoms with Crippen LogP contribution in [0.3, 0.4) is 0 Å². The molecule has 0 bridgehead atoms. The van der Waals surface area contributed by atoms with Crippen LogP contribution in [-0.4, -0.2) is 75.9 Å². The number of halogens is 1. The van der Waals surface area contributed by atoms with Gasteiger partial charge in [0, 0.05) is 43.7 Å². The maximum Gasteiger partial charge on any atom is 0.239 e. The van der Waals surface area contributed by atoms with E-state index in [0.717, 1.165) is 80.0 Å². The van der Waals surface area contributed by atoms with E-state index in [4.69, 9.17) is 4.98 Å². The highest BCUT2D eigenvalue weighted by molar-refractivity contribution is 9.10. The Morgan fingerprint density at radius 3 is 2.65 bits per heavy atom. The minimum Gasteiger partial charge on any atom is -0.341 e. The van der Waals surface area contributed by atoms with Crippen molar-refractivity contribution in [2.24, 2.45) is 0 Å². The SMILES string of the molecule is CC(C(=O)N1CCCC1)N1CCN(Cc2nc3ccc(Br)cc3[nH]2)CC1. The number of hydrogen-bond acceptors (Lipinski definition) is 4. The van der Waals surface area contributed by atoms with E-state index in [0.29, 0.717) is 5.91 Å². The molecule has 6 nitrogen and oxygen atoms in total. The summed E-state index contributed by atoms with van der Waals surface area (Å²) < 4.78 is 1.06. The highest BCUT2D eigenvalue weighted by Crippen LogP contribution is 2.19. The first-order chi connectivity index (χ1) is 12.6. The van der Waals surface area contributed by atoms with Crippen LogP contribution in [0.25, 0.3) is 11.0 Å². The maximum atomic E-state index is 12.6. The number of H-pyrrole nitrogens is 1. The Bertz CT molecular complexity index is 777. The quantitative estimate of drug-likeness (QED) is 0.826. The lowest BCUT2D eigenvalue weighted by Crippen LogP contribution is -2.54. The minimum atomic E-state index is -0.00111. The summed E-state index contributed by atoms with van der Waals surface area (Å²) in [7, 11) is 0. The standard InChI is InChI=1S/C19H26BrN5O/c1-14(19(26)25-6-2-3-7-25)24-10-8-23(9-11-24)13-18-21-16-5-4-15(20)12-17(16)22-18/h4-5,12,14H,2-3,6-11,13H2,1H3,(H,21,22). The number of hydrogen-bond donors (Lipinski definition) is 1. The lowest BCUT2D eigenvalue weighted by atomic mass is 10.2. The molecule has 7 heteroatoms. The van der Waals surface area contributed by atoms with Crippen molar-refractivity contribution in [3.63, 3.8) is 0 Å². The molecule has 0 spiro atoms. The van der Waals surface area contributed by atoms with Gasteiger partial charge in [-0.1, -0.05) is 15.9 Å². The summed E-state index contributed by atoms with van der Waals surface area (Å²) in [5.41, 5.74) is 2.07. The summed E-state index contributed by atoms with van der Waals surface area (Å²) in [4.78, 5) is 27.5.